The fraction of sp³-hybridized carbons (Fsp3) is 0.241. The monoisotopic (exact) mass is 465 g/mol. The minimum absolute atomic E-state index is 0.00555. The number of amides is 2. The third kappa shape index (κ3) is 3.57. The van der Waals surface area contributed by atoms with Gasteiger partial charge in [0.25, 0.3) is 0 Å². The van der Waals surface area contributed by atoms with Gasteiger partial charge in [0, 0.05) is 29.6 Å². The van der Waals surface area contributed by atoms with Crippen molar-refractivity contribution in [2.75, 3.05) is 13.7 Å². The molecule has 1 N–H and O–H groups in total. The maximum atomic E-state index is 13.8. The molecule has 6 rings (SSSR count). The Balaban J connectivity index is 1.42. The summed E-state index contributed by atoms with van der Waals surface area (Å²) in [7, 11) is 1.63. The Bertz CT molecular complexity index is 1440. The normalized spacial score (nSPS) is 19.6. The van der Waals surface area contributed by atoms with Crippen molar-refractivity contribution >= 4 is 22.7 Å². The summed E-state index contributed by atoms with van der Waals surface area (Å²) in [5, 5.41) is 1.12. The van der Waals surface area contributed by atoms with Gasteiger partial charge in [0.15, 0.2) is 0 Å². The molecule has 1 saturated heterocycles. The summed E-state index contributed by atoms with van der Waals surface area (Å²) in [6.07, 6.45) is 0.505. The quantitative estimate of drug-likeness (QED) is 0.487. The summed E-state index contributed by atoms with van der Waals surface area (Å²) in [5.41, 5.74) is 6.29. The zero-order valence-electron chi connectivity index (χ0n) is 19.8. The van der Waals surface area contributed by atoms with Gasteiger partial charge in [-0.25, -0.2) is 0 Å². The molecule has 2 aliphatic heterocycles. The van der Waals surface area contributed by atoms with Gasteiger partial charge in [0.05, 0.1) is 13.2 Å². The minimum Gasteiger partial charge on any atom is -0.497 e. The first-order chi connectivity index (χ1) is 17.0. The van der Waals surface area contributed by atoms with E-state index >= 15 is 0 Å². The molecule has 0 radical (unpaired) electrons. The van der Waals surface area contributed by atoms with Crippen LogP contribution in [0, 0.1) is 6.92 Å². The molecule has 3 heterocycles. The van der Waals surface area contributed by atoms with Crippen LogP contribution in [-0.2, 0) is 22.6 Å². The van der Waals surface area contributed by atoms with Gasteiger partial charge < -0.3 is 19.5 Å². The Hall–Kier alpha value is -4.06. The standard InChI is InChI=1S/C29H27N3O3/c1-18-6-5-7-20(14-18)28-27-23(22-8-3-4-9-24(22)30-27)15-25-29(34)31(17-26(33)32(25)28)16-19-10-12-21(35-2)13-11-19/h3-14,25,28,30H,15-17H2,1-2H3/t25-,28+/m0/s1. The molecular weight excluding hydrogens is 438 g/mol. The second-order valence-corrected chi connectivity index (χ2v) is 9.44. The van der Waals surface area contributed by atoms with E-state index in [1.165, 1.54) is 0 Å². The van der Waals surface area contributed by atoms with Gasteiger partial charge >= 0.3 is 0 Å². The molecule has 0 saturated carbocycles. The molecule has 1 aromatic heterocycles. The summed E-state index contributed by atoms with van der Waals surface area (Å²) < 4.78 is 5.25. The largest absolute Gasteiger partial charge is 0.497 e. The highest BCUT2D eigenvalue weighted by Crippen LogP contribution is 2.42. The fourth-order valence-electron chi connectivity index (χ4n) is 5.60. The summed E-state index contributed by atoms with van der Waals surface area (Å²) in [5.74, 6) is 0.731. The predicted molar refractivity (Wildman–Crippen MR) is 134 cm³/mol. The number of piperazine rings is 1. The van der Waals surface area contributed by atoms with Gasteiger partial charge in [-0.15, -0.1) is 0 Å². The lowest BCUT2D eigenvalue weighted by molar-refractivity contribution is -0.159. The summed E-state index contributed by atoms with van der Waals surface area (Å²) in [4.78, 5) is 34.6. The van der Waals surface area contributed by atoms with Gasteiger partial charge in [0.2, 0.25) is 11.8 Å². The molecule has 1 fully saturated rings. The molecular formula is C29H27N3O3. The minimum atomic E-state index is -0.535. The van der Waals surface area contributed by atoms with Crippen LogP contribution in [0.25, 0.3) is 10.9 Å². The number of H-pyrrole nitrogens is 1. The highest BCUT2D eigenvalue weighted by molar-refractivity contribution is 5.97. The zero-order valence-corrected chi connectivity index (χ0v) is 19.8. The van der Waals surface area contributed by atoms with Crippen molar-refractivity contribution in [3.8, 4) is 5.75 Å². The first-order valence-corrected chi connectivity index (χ1v) is 11.9. The van der Waals surface area contributed by atoms with Crippen molar-refractivity contribution in [1.29, 1.82) is 0 Å². The number of aromatic amines is 1. The van der Waals surface area contributed by atoms with Crippen LogP contribution in [0.3, 0.4) is 0 Å². The van der Waals surface area contributed by atoms with Gasteiger partial charge in [-0.3, -0.25) is 9.59 Å². The maximum Gasteiger partial charge on any atom is 0.246 e. The Morgan fingerprint density at radius 2 is 1.80 bits per heavy atom. The zero-order chi connectivity index (χ0) is 24.1. The number of carbonyl (C=O) groups is 2. The van der Waals surface area contributed by atoms with Crippen LogP contribution in [-0.4, -0.2) is 46.3 Å². The second kappa shape index (κ2) is 8.31. The Labute approximate surface area is 204 Å². The van der Waals surface area contributed by atoms with Crippen LogP contribution < -0.4 is 4.74 Å². The third-order valence-electron chi connectivity index (χ3n) is 7.23. The molecule has 6 nitrogen and oxygen atoms in total. The number of para-hydroxylation sites is 1. The van der Waals surface area contributed by atoms with Crippen molar-refractivity contribution in [2.45, 2.75) is 32.0 Å². The van der Waals surface area contributed by atoms with E-state index in [1.807, 2.05) is 47.4 Å². The number of aryl methyl sites for hydroxylation is 1. The van der Waals surface area contributed by atoms with Crippen LogP contribution in [0.4, 0.5) is 0 Å². The number of aromatic nitrogens is 1. The first kappa shape index (κ1) is 21.5. The molecule has 6 heteroatoms. The number of nitrogens with one attached hydrogen (secondary N) is 1. The van der Waals surface area contributed by atoms with Gasteiger partial charge in [-0.2, -0.15) is 0 Å². The number of fused-ring (bicyclic) bond motifs is 4. The van der Waals surface area contributed by atoms with Crippen molar-refractivity contribution in [3.63, 3.8) is 0 Å². The number of carbonyl (C=O) groups excluding carboxylic acids is 2. The number of ether oxygens (including phenoxy) is 1. The highest BCUT2D eigenvalue weighted by atomic mass is 16.5. The molecule has 0 unspecified atom stereocenters. The van der Waals surface area contributed by atoms with Crippen molar-refractivity contribution in [1.82, 2.24) is 14.8 Å². The van der Waals surface area contributed by atoms with E-state index in [9.17, 15) is 9.59 Å². The van der Waals surface area contributed by atoms with Gasteiger partial charge in [0.1, 0.15) is 18.3 Å². The lowest BCUT2D eigenvalue weighted by Crippen LogP contribution is -2.62. The number of benzene rings is 3. The molecule has 0 spiro atoms. The molecule has 2 atom stereocenters. The van der Waals surface area contributed by atoms with Crippen molar-refractivity contribution < 1.29 is 14.3 Å². The Morgan fingerprint density at radius 3 is 2.57 bits per heavy atom. The van der Waals surface area contributed by atoms with E-state index in [1.54, 1.807) is 12.0 Å². The third-order valence-corrected chi connectivity index (χ3v) is 7.23. The van der Waals surface area contributed by atoms with Crippen LogP contribution in [0.15, 0.2) is 72.8 Å². The molecule has 4 aromatic rings. The number of rotatable bonds is 4. The Kier molecular flexibility index (Phi) is 5.10. The van der Waals surface area contributed by atoms with E-state index in [2.05, 4.69) is 42.2 Å². The van der Waals surface area contributed by atoms with Crippen LogP contribution in [0.5, 0.6) is 5.75 Å². The van der Waals surface area contributed by atoms with Crippen LogP contribution in [0.2, 0.25) is 0 Å². The molecule has 176 valence electrons. The van der Waals surface area contributed by atoms with Crippen LogP contribution in [0.1, 0.15) is 34.0 Å². The van der Waals surface area contributed by atoms with Crippen molar-refractivity contribution in [2.24, 2.45) is 0 Å². The number of hydrogen-bond donors (Lipinski definition) is 1. The molecule has 35 heavy (non-hydrogen) atoms. The second-order valence-electron chi connectivity index (χ2n) is 9.44. The molecule has 0 aliphatic carbocycles. The average molecular weight is 466 g/mol. The van der Waals surface area contributed by atoms with Gasteiger partial charge in [-0.05, 0) is 41.8 Å². The fourth-order valence-corrected chi connectivity index (χ4v) is 5.60. The summed E-state index contributed by atoms with van der Waals surface area (Å²) in [6, 6.07) is 23.2. The molecule has 2 aliphatic rings. The van der Waals surface area contributed by atoms with Gasteiger partial charge in [-0.1, -0.05) is 60.2 Å². The molecule has 2 amide bonds. The maximum absolute atomic E-state index is 13.8. The van der Waals surface area contributed by atoms with Crippen LogP contribution >= 0.6 is 0 Å². The SMILES string of the molecule is COc1ccc(CN2CC(=O)N3[C@H](c4cccc(C)c4)c4[nH]c5ccccc5c4C[C@H]3C2=O)cc1. The van der Waals surface area contributed by atoms with E-state index in [0.29, 0.717) is 13.0 Å². The van der Waals surface area contributed by atoms with Crippen molar-refractivity contribution in [3.05, 3.63) is 101 Å². The molecule has 0 bridgehead atoms. The average Bonchev–Trinajstić information content (AvgIpc) is 3.24. The van der Waals surface area contributed by atoms with E-state index in [4.69, 9.17) is 4.74 Å². The number of methoxy groups -OCH3 is 1. The summed E-state index contributed by atoms with van der Waals surface area (Å²) in [6.45, 7) is 2.52. The topological polar surface area (TPSA) is 65.6 Å². The number of hydrogen-bond acceptors (Lipinski definition) is 3. The lowest BCUT2D eigenvalue weighted by Gasteiger charge is -2.47. The van der Waals surface area contributed by atoms with E-state index in [0.717, 1.165) is 44.6 Å². The lowest BCUT2D eigenvalue weighted by atomic mass is 9.86. The summed E-state index contributed by atoms with van der Waals surface area (Å²) >= 11 is 0. The Morgan fingerprint density at radius 1 is 1.00 bits per heavy atom. The van der Waals surface area contributed by atoms with E-state index in [-0.39, 0.29) is 24.4 Å². The van der Waals surface area contributed by atoms with E-state index < -0.39 is 6.04 Å². The number of nitrogens with zero attached hydrogens (tertiary/aromatic N) is 2. The highest BCUT2D eigenvalue weighted by Gasteiger charge is 2.48. The molecule has 3 aromatic carbocycles. The first-order valence-electron chi connectivity index (χ1n) is 11.9. The predicted octanol–water partition coefficient (Wildman–Crippen LogP) is 4.37. The smallest absolute Gasteiger partial charge is 0.246 e.